The lowest BCUT2D eigenvalue weighted by molar-refractivity contribution is -0.159. The second-order valence-electron chi connectivity index (χ2n) is 6.01. The smallest absolute Gasteiger partial charge is 0.329 e. The molecular weight excluding hydrogens is 271 g/mol. The number of aromatic nitrogens is 2. The van der Waals surface area contributed by atoms with Gasteiger partial charge in [-0.05, 0) is 31.1 Å². The Morgan fingerprint density at radius 1 is 1.30 bits per heavy atom. The van der Waals surface area contributed by atoms with Crippen molar-refractivity contribution in [3.63, 3.8) is 0 Å². The molecule has 4 nitrogen and oxygen atoms in total. The number of nitrogens with two attached hydrogens (primary N) is 1. The minimum atomic E-state index is -4.62. The molecule has 2 atom stereocenters. The van der Waals surface area contributed by atoms with Gasteiger partial charge < -0.3 is 10.3 Å². The van der Waals surface area contributed by atoms with E-state index in [2.05, 4.69) is 28.5 Å². The molecule has 0 saturated heterocycles. The Kier molecular flexibility index (Phi) is 4.09. The summed E-state index contributed by atoms with van der Waals surface area (Å²) >= 11 is 0. The van der Waals surface area contributed by atoms with E-state index >= 15 is 0 Å². The third-order valence-electron chi connectivity index (χ3n) is 4.22. The van der Waals surface area contributed by atoms with Gasteiger partial charge in [0.2, 0.25) is 0 Å². The molecule has 0 aromatic carbocycles. The predicted octanol–water partition coefficient (Wildman–Crippen LogP) is 3.48. The largest absolute Gasteiger partial charge is 0.471 e. The summed E-state index contributed by atoms with van der Waals surface area (Å²) in [6.45, 7) is 4.31. The summed E-state index contributed by atoms with van der Waals surface area (Å²) in [5.74, 6) is -0.237. The van der Waals surface area contributed by atoms with Gasteiger partial charge in [0.1, 0.15) is 0 Å². The quantitative estimate of drug-likeness (QED) is 0.847. The minimum absolute atomic E-state index is 0.0192. The Labute approximate surface area is 115 Å². The molecular formula is C13H20F3N3O. The number of rotatable bonds is 2. The van der Waals surface area contributed by atoms with Crippen molar-refractivity contribution in [1.82, 2.24) is 10.1 Å². The third-order valence-corrected chi connectivity index (χ3v) is 4.22. The van der Waals surface area contributed by atoms with Gasteiger partial charge in [-0.3, -0.25) is 0 Å². The lowest BCUT2D eigenvalue weighted by atomic mass is 9.87. The molecule has 1 aromatic rings. The average molecular weight is 291 g/mol. The Hall–Kier alpha value is -1.11. The van der Waals surface area contributed by atoms with E-state index in [9.17, 15) is 13.2 Å². The maximum absolute atomic E-state index is 12.5. The second-order valence-corrected chi connectivity index (χ2v) is 6.01. The van der Waals surface area contributed by atoms with Crippen LogP contribution in [0.2, 0.25) is 0 Å². The Morgan fingerprint density at radius 3 is 2.55 bits per heavy atom. The fraction of sp³-hybridized carbons (Fsp3) is 0.846. The summed E-state index contributed by atoms with van der Waals surface area (Å²) in [5, 5.41) is 3.46. The molecule has 0 aliphatic heterocycles. The predicted molar refractivity (Wildman–Crippen MR) is 66.6 cm³/mol. The van der Waals surface area contributed by atoms with Crippen LogP contribution in [-0.4, -0.2) is 10.1 Å². The van der Waals surface area contributed by atoms with Gasteiger partial charge in [0.15, 0.2) is 5.82 Å². The highest BCUT2D eigenvalue weighted by atomic mass is 19.4. The molecule has 7 heteroatoms. The maximum Gasteiger partial charge on any atom is 0.471 e. The van der Waals surface area contributed by atoms with E-state index in [0.29, 0.717) is 24.7 Å². The van der Waals surface area contributed by atoms with Crippen molar-refractivity contribution >= 4 is 0 Å². The van der Waals surface area contributed by atoms with Crippen LogP contribution in [0.3, 0.4) is 0 Å². The molecule has 1 saturated carbocycles. The van der Waals surface area contributed by atoms with Crippen LogP contribution >= 0.6 is 0 Å². The first-order valence-corrected chi connectivity index (χ1v) is 6.92. The van der Waals surface area contributed by atoms with E-state index in [1.54, 1.807) is 0 Å². The van der Waals surface area contributed by atoms with E-state index in [1.807, 2.05) is 0 Å². The molecule has 2 N–H and O–H groups in total. The highest BCUT2D eigenvalue weighted by Crippen LogP contribution is 2.38. The zero-order chi connectivity index (χ0) is 15.0. The lowest BCUT2D eigenvalue weighted by Gasteiger charge is -2.24. The minimum Gasteiger partial charge on any atom is -0.329 e. The van der Waals surface area contributed by atoms with Gasteiger partial charge in [0.25, 0.3) is 0 Å². The number of alkyl halides is 3. The van der Waals surface area contributed by atoms with Crippen molar-refractivity contribution in [2.45, 2.75) is 57.7 Å². The zero-order valence-electron chi connectivity index (χ0n) is 11.7. The van der Waals surface area contributed by atoms with Gasteiger partial charge in [0.05, 0.1) is 5.54 Å². The van der Waals surface area contributed by atoms with Crippen LogP contribution in [0.5, 0.6) is 0 Å². The summed E-state index contributed by atoms with van der Waals surface area (Å²) in [6, 6.07) is 0. The molecule has 20 heavy (non-hydrogen) atoms. The van der Waals surface area contributed by atoms with Crippen molar-refractivity contribution in [3.8, 4) is 0 Å². The maximum atomic E-state index is 12.5. The Morgan fingerprint density at radius 2 is 2.00 bits per heavy atom. The molecule has 2 unspecified atom stereocenters. The van der Waals surface area contributed by atoms with Crippen molar-refractivity contribution in [3.05, 3.63) is 11.7 Å². The van der Waals surface area contributed by atoms with Crippen molar-refractivity contribution in [2.24, 2.45) is 17.6 Å². The van der Waals surface area contributed by atoms with E-state index < -0.39 is 17.6 Å². The fourth-order valence-corrected chi connectivity index (χ4v) is 2.82. The number of hydrogen-bond acceptors (Lipinski definition) is 4. The van der Waals surface area contributed by atoms with Crippen LogP contribution in [0.1, 0.15) is 57.7 Å². The number of halogens is 3. The van der Waals surface area contributed by atoms with E-state index in [-0.39, 0.29) is 5.82 Å². The summed E-state index contributed by atoms with van der Waals surface area (Å²) in [7, 11) is 0. The average Bonchev–Trinajstić information content (AvgIpc) is 2.75. The number of nitrogens with zero attached hydrogens (tertiary/aromatic N) is 2. The van der Waals surface area contributed by atoms with Crippen molar-refractivity contribution in [1.29, 1.82) is 0 Å². The summed E-state index contributed by atoms with van der Waals surface area (Å²) in [6.07, 6.45) is -0.646. The van der Waals surface area contributed by atoms with Gasteiger partial charge in [0, 0.05) is 0 Å². The third kappa shape index (κ3) is 3.13. The Bertz CT molecular complexity index is 458. The monoisotopic (exact) mass is 291 g/mol. The molecule has 0 amide bonds. The SMILES string of the molecule is CC(C)C1CCCC(N)(c2noc(C(F)(F)F)n2)CC1. The number of hydrogen-bond donors (Lipinski definition) is 1. The standard InChI is InChI=1S/C13H20F3N3O/c1-8(2)9-4-3-6-12(17,7-5-9)10-18-11(20-19-10)13(14,15)16/h8-9H,3-7,17H2,1-2H3. The first-order chi connectivity index (χ1) is 9.22. The molecule has 2 rings (SSSR count). The van der Waals surface area contributed by atoms with Crippen LogP contribution in [-0.2, 0) is 11.7 Å². The zero-order valence-corrected chi connectivity index (χ0v) is 11.7. The van der Waals surface area contributed by atoms with Crippen LogP contribution < -0.4 is 5.73 Å². The molecule has 0 radical (unpaired) electrons. The molecule has 1 aliphatic carbocycles. The van der Waals surface area contributed by atoms with Gasteiger partial charge in [-0.15, -0.1) is 0 Å². The van der Waals surface area contributed by atoms with Crippen molar-refractivity contribution < 1.29 is 17.7 Å². The molecule has 1 fully saturated rings. The van der Waals surface area contributed by atoms with Gasteiger partial charge in [-0.1, -0.05) is 31.8 Å². The summed E-state index contributed by atoms with van der Waals surface area (Å²) in [4.78, 5) is 3.46. The van der Waals surface area contributed by atoms with Gasteiger partial charge in [-0.2, -0.15) is 18.2 Å². The van der Waals surface area contributed by atoms with Crippen LogP contribution in [0.25, 0.3) is 0 Å². The van der Waals surface area contributed by atoms with Crippen molar-refractivity contribution in [2.75, 3.05) is 0 Å². The summed E-state index contributed by atoms with van der Waals surface area (Å²) in [5.41, 5.74) is 5.34. The molecule has 0 spiro atoms. The molecule has 1 aromatic heterocycles. The van der Waals surface area contributed by atoms with E-state index in [1.165, 1.54) is 0 Å². The molecule has 0 bridgehead atoms. The van der Waals surface area contributed by atoms with E-state index in [0.717, 1.165) is 19.3 Å². The topological polar surface area (TPSA) is 64.9 Å². The van der Waals surface area contributed by atoms with Crippen LogP contribution in [0, 0.1) is 11.8 Å². The highest BCUT2D eigenvalue weighted by Gasteiger charge is 2.42. The molecule has 1 heterocycles. The molecule has 1 aliphatic rings. The van der Waals surface area contributed by atoms with Crippen LogP contribution in [0.4, 0.5) is 13.2 Å². The van der Waals surface area contributed by atoms with Crippen LogP contribution in [0.15, 0.2) is 4.52 Å². The first kappa shape index (κ1) is 15.3. The van der Waals surface area contributed by atoms with Gasteiger partial charge >= 0.3 is 12.1 Å². The Balaban J connectivity index is 2.16. The van der Waals surface area contributed by atoms with Gasteiger partial charge in [-0.25, -0.2) is 0 Å². The normalized spacial score (nSPS) is 28.6. The molecule has 114 valence electrons. The highest BCUT2D eigenvalue weighted by molar-refractivity contribution is 5.06. The first-order valence-electron chi connectivity index (χ1n) is 6.92. The fourth-order valence-electron chi connectivity index (χ4n) is 2.82. The lowest BCUT2D eigenvalue weighted by Crippen LogP contribution is -2.37. The second kappa shape index (κ2) is 5.35. The summed E-state index contributed by atoms with van der Waals surface area (Å²) < 4.78 is 41.8. The van der Waals surface area contributed by atoms with E-state index in [4.69, 9.17) is 5.73 Å².